The fourth-order valence-corrected chi connectivity index (χ4v) is 2.34. The van der Waals surface area contributed by atoms with Crippen LogP contribution in [0.15, 0.2) is 53.1 Å². The maximum Gasteiger partial charge on any atom is 0.344 e. The number of hydrogen-bond acceptors (Lipinski definition) is 7. The number of nitrogens with zero attached hydrogens (tertiary/aromatic N) is 2. The summed E-state index contributed by atoms with van der Waals surface area (Å²) in [5.41, 5.74) is 0.701. The number of hydrogen-bond donors (Lipinski definition) is 0. The number of benzene rings is 2. The van der Waals surface area contributed by atoms with Crippen LogP contribution in [0.1, 0.15) is 12.8 Å². The van der Waals surface area contributed by atoms with E-state index in [0.717, 1.165) is 0 Å². The van der Waals surface area contributed by atoms with Crippen LogP contribution in [0.3, 0.4) is 0 Å². The van der Waals surface area contributed by atoms with Gasteiger partial charge in [-0.05, 0) is 43.3 Å². The number of para-hydroxylation sites is 1. The fourth-order valence-electron chi connectivity index (χ4n) is 2.21. The predicted molar refractivity (Wildman–Crippen MR) is 97.6 cm³/mol. The summed E-state index contributed by atoms with van der Waals surface area (Å²) in [6, 6.07) is 14.0. The van der Waals surface area contributed by atoms with Crippen LogP contribution in [0, 0.1) is 0 Å². The molecule has 0 fully saturated rings. The van der Waals surface area contributed by atoms with Crippen LogP contribution in [0.2, 0.25) is 5.02 Å². The molecular formula is C19H17ClN2O5. The maximum absolute atomic E-state index is 11.8. The molecule has 0 amide bonds. The Hall–Kier alpha value is -3.06. The van der Waals surface area contributed by atoms with E-state index in [1.807, 2.05) is 31.2 Å². The van der Waals surface area contributed by atoms with Gasteiger partial charge < -0.3 is 18.7 Å². The molecule has 0 aliphatic carbocycles. The quantitative estimate of drug-likeness (QED) is 0.541. The minimum atomic E-state index is -0.556. The Morgan fingerprint density at radius 1 is 1.11 bits per heavy atom. The van der Waals surface area contributed by atoms with E-state index in [1.54, 1.807) is 24.3 Å². The molecule has 7 nitrogen and oxygen atoms in total. The molecule has 0 radical (unpaired) electrons. The molecule has 2 aromatic carbocycles. The number of carbonyl (C=O) groups is 1. The number of esters is 1. The van der Waals surface area contributed by atoms with Crippen molar-refractivity contribution in [3.8, 4) is 22.9 Å². The molecule has 0 bridgehead atoms. The van der Waals surface area contributed by atoms with Crippen molar-refractivity contribution in [2.45, 2.75) is 13.5 Å². The summed E-state index contributed by atoms with van der Waals surface area (Å²) in [7, 11) is 0. The Labute approximate surface area is 160 Å². The van der Waals surface area contributed by atoms with Crippen molar-refractivity contribution in [2.24, 2.45) is 0 Å². The summed E-state index contributed by atoms with van der Waals surface area (Å²) in [5, 5.41) is 4.49. The van der Waals surface area contributed by atoms with E-state index in [1.165, 1.54) is 0 Å². The standard InChI is InChI=1S/C19H17ClN2O5/c1-2-24-16-6-4-3-5-15(16)19-21-17(27-22-19)11-26-18(23)12-25-14-9-7-13(20)8-10-14/h3-10H,2,11-12H2,1H3. The average molecular weight is 389 g/mol. The maximum atomic E-state index is 11.8. The van der Waals surface area contributed by atoms with Gasteiger partial charge in [-0.3, -0.25) is 0 Å². The second-order valence-corrected chi connectivity index (χ2v) is 5.78. The Morgan fingerprint density at radius 2 is 1.89 bits per heavy atom. The Balaban J connectivity index is 1.53. The lowest BCUT2D eigenvalue weighted by Crippen LogP contribution is -2.14. The van der Waals surface area contributed by atoms with Crippen LogP contribution in [0.25, 0.3) is 11.4 Å². The molecule has 27 heavy (non-hydrogen) atoms. The third-order valence-electron chi connectivity index (χ3n) is 3.42. The molecule has 3 aromatic rings. The van der Waals surface area contributed by atoms with Gasteiger partial charge in [0.05, 0.1) is 12.2 Å². The van der Waals surface area contributed by atoms with Gasteiger partial charge in [0, 0.05) is 5.02 Å². The molecule has 0 aliphatic rings. The first-order valence-electron chi connectivity index (χ1n) is 8.24. The highest BCUT2D eigenvalue weighted by molar-refractivity contribution is 6.30. The van der Waals surface area contributed by atoms with Crippen molar-refractivity contribution in [3.63, 3.8) is 0 Å². The lowest BCUT2D eigenvalue weighted by Gasteiger charge is -2.06. The van der Waals surface area contributed by atoms with Gasteiger partial charge in [-0.1, -0.05) is 28.9 Å². The molecule has 3 rings (SSSR count). The fraction of sp³-hybridized carbons (Fsp3) is 0.211. The number of rotatable bonds is 8. The molecule has 0 spiro atoms. The first-order valence-corrected chi connectivity index (χ1v) is 8.62. The molecule has 1 aromatic heterocycles. The van der Waals surface area contributed by atoms with Crippen LogP contribution >= 0.6 is 11.6 Å². The SMILES string of the molecule is CCOc1ccccc1-c1noc(COC(=O)COc2ccc(Cl)cc2)n1. The molecule has 0 N–H and O–H groups in total. The van der Waals surface area contributed by atoms with Crippen molar-refractivity contribution < 1.29 is 23.5 Å². The van der Waals surface area contributed by atoms with Gasteiger partial charge >= 0.3 is 5.97 Å². The smallest absolute Gasteiger partial charge is 0.344 e. The van der Waals surface area contributed by atoms with Gasteiger partial charge in [0.25, 0.3) is 5.89 Å². The van der Waals surface area contributed by atoms with E-state index in [2.05, 4.69) is 10.1 Å². The van der Waals surface area contributed by atoms with Crippen LogP contribution in [0.5, 0.6) is 11.5 Å². The monoisotopic (exact) mass is 388 g/mol. The second-order valence-electron chi connectivity index (χ2n) is 5.34. The van der Waals surface area contributed by atoms with E-state index in [-0.39, 0.29) is 19.1 Å². The summed E-state index contributed by atoms with van der Waals surface area (Å²) < 4.78 is 21.1. The normalized spacial score (nSPS) is 10.4. The molecular weight excluding hydrogens is 372 g/mol. The molecule has 0 aliphatic heterocycles. The number of aromatic nitrogens is 2. The molecule has 0 saturated carbocycles. The number of halogens is 1. The van der Waals surface area contributed by atoms with Gasteiger partial charge in [-0.25, -0.2) is 4.79 Å². The van der Waals surface area contributed by atoms with E-state index >= 15 is 0 Å². The minimum Gasteiger partial charge on any atom is -0.493 e. The topological polar surface area (TPSA) is 83.7 Å². The molecule has 140 valence electrons. The van der Waals surface area contributed by atoms with Gasteiger partial charge in [-0.15, -0.1) is 0 Å². The van der Waals surface area contributed by atoms with Crippen molar-refractivity contribution >= 4 is 17.6 Å². The summed E-state index contributed by atoms with van der Waals surface area (Å²) >= 11 is 5.79. The average Bonchev–Trinajstić information content (AvgIpc) is 3.15. The van der Waals surface area contributed by atoms with Gasteiger partial charge in [0.2, 0.25) is 5.82 Å². The largest absolute Gasteiger partial charge is 0.493 e. The Bertz CT molecular complexity index is 895. The number of carbonyl (C=O) groups excluding carboxylic acids is 1. The predicted octanol–water partition coefficient (Wildman–Crippen LogP) is 3.91. The number of ether oxygens (including phenoxy) is 3. The molecule has 0 unspecified atom stereocenters. The summed E-state index contributed by atoms with van der Waals surface area (Å²) in [4.78, 5) is 16.0. The van der Waals surface area contributed by atoms with Crippen molar-refractivity contribution in [1.82, 2.24) is 10.1 Å². The first kappa shape index (κ1) is 18.7. The summed E-state index contributed by atoms with van der Waals surface area (Å²) in [5.74, 6) is 1.16. The third-order valence-corrected chi connectivity index (χ3v) is 3.67. The van der Waals surface area contributed by atoms with E-state index in [4.69, 9.17) is 30.3 Å². The van der Waals surface area contributed by atoms with Crippen molar-refractivity contribution in [1.29, 1.82) is 0 Å². The van der Waals surface area contributed by atoms with E-state index in [9.17, 15) is 4.79 Å². The highest BCUT2D eigenvalue weighted by Crippen LogP contribution is 2.27. The molecule has 0 atom stereocenters. The van der Waals surface area contributed by atoms with E-state index in [0.29, 0.717) is 34.5 Å². The highest BCUT2D eigenvalue weighted by atomic mass is 35.5. The van der Waals surface area contributed by atoms with Crippen LogP contribution in [-0.2, 0) is 16.1 Å². The van der Waals surface area contributed by atoms with Crippen LogP contribution < -0.4 is 9.47 Å². The zero-order valence-corrected chi connectivity index (χ0v) is 15.3. The minimum absolute atomic E-state index is 0.146. The molecule has 0 saturated heterocycles. The second kappa shape index (κ2) is 9.05. The van der Waals surface area contributed by atoms with Crippen molar-refractivity contribution in [3.05, 3.63) is 59.4 Å². The summed E-state index contributed by atoms with van der Waals surface area (Å²) in [6.07, 6.45) is 0. The van der Waals surface area contributed by atoms with Gasteiger partial charge in [0.1, 0.15) is 11.5 Å². The Morgan fingerprint density at radius 3 is 2.67 bits per heavy atom. The zero-order chi connectivity index (χ0) is 19.1. The van der Waals surface area contributed by atoms with Crippen LogP contribution in [-0.4, -0.2) is 29.3 Å². The van der Waals surface area contributed by atoms with Crippen molar-refractivity contribution in [2.75, 3.05) is 13.2 Å². The van der Waals surface area contributed by atoms with E-state index < -0.39 is 5.97 Å². The third kappa shape index (κ3) is 5.21. The molecule has 8 heteroatoms. The lowest BCUT2D eigenvalue weighted by molar-refractivity contribution is -0.148. The summed E-state index contributed by atoms with van der Waals surface area (Å²) in [6.45, 7) is 2.03. The zero-order valence-electron chi connectivity index (χ0n) is 14.6. The van der Waals surface area contributed by atoms with Crippen LogP contribution in [0.4, 0.5) is 0 Å². The highest BCUT2D eigenvalue weighted by Gasteiger charge is 2.14. The molecule has 1 heterocycles. The Kier molecular flexibility index (Phi) is 6.27. The van der Waals surface area contributed by atoms with Gasteiger partial charge in [0.15, 0.2) is 13.2 Å². The van der Waals surface area contributed by atoms with Gasteiger partial charge in [-0.2, -0.15) is 4.98 Å². The first-order chi connectivity index (χ1) is 13.2. The lowest BCUT2D eigenvalue weighted by atomic mass is 10.2.